The molecule has 114 valence electrons. The predicted molar refractivity (Wildman–Crippen MR) is 77.1 cm³/mol. The number of benzene rings is 2. The van der Waals surface area contributed by atoms with Crippen LogP contribution in [0.15, 0.2) is 36.4 Å². The second kappa shape index (κ2) is 6.21. The molecule has 0 fully saturated rings. The van der Waals surface area contributed by atoms with E-state index in [1.165, 1.54) is 25.1 Å². The summed E-state index contributed by atoms with van der Waals surface area (Å²) in [5.74, 6) is -1.80. The van der Waals surface area contributed by atoms with E-state index in [1.807, 2.05) is 0 Å². The lowest BCUT2D eigenvalue weighted by molar-refractivity contribution is 0.102. The number of carboxylic acid groups (broad SMARTS) is 1. The maximum absolute atomic E-state index is 13.7. The summed E-state index contributed by atoms with van der Waals surface area (Å²) in [6.07, 6.45) is -1.31. The van der Waals surface area contributed by atoms with Gasteiger partial charge in [0.1, 0.15) is 11.6 Å². The summed E-state index contributed by atoms with van der Waals surface area (Å²) in [5.41, 5.74) is 0.377. The van der Waals surface area contributed by atoms with Crippen molar-refractivity contribution in [2.75, 3.05) is 10.6 Å². The van der Waals surface area contributed by atoms with Crippen molar-refractivity contribution < 1.29 is 23.5 Å². The van der Waals surface area contributed by atoms with Crippen LogP contribution in [-0.2, 0) is 0 Å². The average Bonchev–Trinajstić information content (AvgIpc) is 2.45. The van der Waals surface area contributed by atoms with Crippen molar-refractivity contribution in [2.45, 2.75) is 6.92 Å². The zero-order valence-electron chi connectivity index (χ0n) is 11.5. The second-order valence-electron chi connectivity index (χ2n) is 4.54. The molecule has 0 radical (unpaired) electrons. The maximum Gasteiger partial charge on any atom is 0.409 e. The largest absolute Gasteiger partial charge is 0.465 e. The number of hydrogen-bond donors (Lipinski definition) is 3. The lowest BCUT2D eigenvalue weighted by Gasteiger charge is -2.09. The van der Waals surface area contributed by atoms with E-state index in [9.17, 15) is 18.4 Å². The number of amides is 2. The van der Waals surface area contributed by atoms with Crippen LogP contribution in [0, 0.1) is 18.6 Å². The molecule has 5 nitrogen and oxygen atoms in total. The van der Waals surface area contributed by atoms with Gasteiger partial charge in [0.15, 0.2) is 0 Å². The molecule has 2 aromatic carbocycles. The molecule has 0 atom stereocenters. The average molecular weight is 306 g/mol. The Kier molecular flexibility index (Phi) is 4.36. The molecule has 2 amide bonds. The fraction of sp³-hybridized carbons (Fsp3) is 0.0667. The second-order valence-corrected chi connectivity index (χ2v) is 4.54. The molecule has 0 heterocycles. The lowest BCUT2D eigenvalue weighted by Crippen LogP contribution is -2.14. The first-order valence-electron chi connectivity index (χ1n) is 6.24. The monoisotopic (exact) mass is 306 g/mol. The Morgan fingerprint density at radius 2 is 1.68 bits per heavy atom. The molecule has 3 N–H and O–H groups in total. The fourth-order valence-electron chi connectivity index (χ4n) is 1.80. The minimum atomic E-state index is -1.31. The van der Waals surface area contributed by atoms with E-state index in [0.717, 1.165) is 18.2 Å². The van der Waals surface area contributed by atoms with Crippen LogP contribution in [0.4, 0.5) is 25.0 Å². The van der Waals surface area contributed by atoms with Crippen LogP contribution in [0.2, 0.25) is 0 Å². The van der Waals surface area contributed by atoms with Crippen molar-refractivity contribution in [3.8, 4) is 0 Å². The van der Waals surface area contributed by atoms with E-state index in [2.05, 4.69) is 10.6 Å². The summed E-state index contributed by atoms with van der Waals surface area (Å²) in [7, 11) is 0. The lowest BCUT2D eigenvalue weighted by atomic mass is 10.1. The van der Waals surface area contributed by atoms with Crippen molar-refractivity contribution in [1.29, 1.82) is 0 Å². The van der Waals surface area contributed by atoms with Crippen molar-refractivity contribution >= 4 is 23.4 Å². The standard InChI is InChI=1S/C15H12F2N2O3/c1-8-6-9(2-4-11(8)16)14(20)19-13-7-10(18-15(21)22)3-5-12(13)17/h2-7,18H,1H3,(H,19,20)(H,21,22). The van der Waals surface area contributed by atoms with Gasteiger partial charge in [0.25, 0.3) is 5.91 Å². The van der Waals surface area contributed by atoms with Gasteiger partial charge in [0, 0.05) is 11.3 Å². The topological polar surface area (TPSA) is 78.4 Å². The zero-order valence-corrected chi connectivity index (χ0v) is 11.5. The van der Waals surface area contributed by atoms with E-state index < -0.39 is 23.6 Å². The summed E-state index contributed by atoms with van der Waals surface area (Å²) < 4.78 is 26.8. The summed E-state index contributed by atoms with van der Waals surface area (Å²) >= 11 is 0. The highest BCUT2D eigenvalue weighted by molar-refractivity contribution is 6.04. The minimum absolute atomic E-state index is 0.111. The summed E-state index contributed by atoms with van der Waals surface area (Å²) in [6.45, 7) is 1.50. The van der Waals surface area contributed by atoms with E-state index in [0.29, 0.717) is 0 Å². The Morgan fingerprint density at radius 3 is 2.32 bits per heavy atom. The number of rotatable bonds is 3. The van der Waals surface area contributed by atoms with Crippen LogP contribution in [0.5, 0.6) is 0 Å². The molecule has 2 rings (SSSR count). The quantitative estimate of drug-likeness (QED) is 0.810. The van der Waals surface area contributed by atoms with Crippen LogP contribution in [0.3, 0.4) is 0 Å². The van der Waals surface area contributed by atoms with Crippen LogP contribution >= 0.6 is 0 Å². The van der Waals surface area contributed by atoms with Crippen molar-refractivity contribution in [3.63, 3.8) is 0 Å². The summed E-state index contributed by atoms with van der Waals surface area (Å²) in [6, 6.07) is 7.15. The molecule has 7 heteroatoms. The highest BCUT2D eigenvalue weighted by Gasteiger charge is 2.12. The van der Waals surface area contributed by atoms with E-state index in [1.54, 1.807) is 0 Å². The van der Waals surface area contributed by atoms with Crippen LogP contribution in [0.25, 0.3) is 0 Å². The highest BCUT2D eigenvalue weighted by Crippen LogP contribution is 2.21. The molecule has 22 heavy (non-hydrogen) atoms. The van der Waals surface area contributed by atoms with Crippen molar-refractivity contribution in [1.82, 2.24) is 0 Å². The Bertz CT molecular complexity index is 748. The first kappa shape index (κ1) is 15.4. The molecule has 0 aliphatic heterocycles. The third kappa shape index (κ3) is 3.57. The number of hydrogen-bond acceptors (Lipinski definition) is 2. The number of anilines is 2. The molecular weight excluding hydrogens is 294 g/mol. The Morgan fingerprint density at radius 1 is 1.00 bits per heavy atom. The summed E-state index contributed by atoms with van der Waals surface area (Å²) in [5, 5.41) is 13.0. The highest BCUT2D eigenvalue weighted by atomic mass is 19.1. The number of halogens is 2. The van der Waals surface area contributed by atoms with Gasteiger partial charge in [-0.15, -0.1) is 0 Å². The third-order valence-corrected chi connectivity index (χ3v) is 2.89. The van der Waals surface area contributed by atoms with Gasteiger partial charge in [-0.2, -0.15) is 0 Å². The van der Waals surface area contributed by atoms with Crippen LogP contribution < -0.4 is 10.6 Å². The number of nitrogens with one attached hydrogen (secondary N) is 2. The molecular formula is C15H12F2N2O3. The fourth-order valence-corrected chi connectivity index (χ4v) is 1.80. The molecule has 0 unspecified atom stereocenters. The van der Waals surface area contributed by atoms with E-state index in [-0.39, 0.29) is 22.5 Å². The predicted octanol–water partition coefficient (Wildman–Crippen LogP) is 3.62. The number of aryl methyl sites for hydroxylation is 1. The molecule has 0 saturated carbocycles. The normalized spacial score (nSPS) is 10.1. The van der Waals surface area contributed by atoms with Crippen molar-refractivity contribution in [2.24, 2.45) is 0 Å². The zero-order chi connectivity index (χ0) is 16.3. The maximum atomic E-state index is 13.7. The van der Waals surface area contributed by atoms with E-state index >= 15 is 0 Å². The molecule has 0 spiro atoms. The first-order chi connectivity index (χ1) is 10.4. The number of carbonyl (C=O) groups is 2. The number of carbonyl (C=O) groups excluding carboxylic acids is 1. The first-order valence-corrected chi connectivity index (χ1v) is 6.24. The summed E-state index contributed by atoms with van der Waals surface area (Å²) in [4.78, 5) is 22.6. The molecule has 0 aromatic heterocycles. The van der Waals surface area contributed by atoms with Crippen molar-refractivity contribution in [3.05, 3.63) is 59.2 Å². The van der Waals surface area contributed by atoms with Gasteiger partial charge in [-0.25, -0.2) is 13.6 Å². The Balaban J connectivity index is 2.23. The van der Waals surface area contributed by atoms with Gasteiger partial charge < -0.3 is 10.4 Å². The Labute approximate surface area is 124 Å². The SMILES string of the molecule is Cc1cc(C(=O)Nc2cc(NC(=O)O)ccc2F)ccc1F. The molecule has 0 aliphatic carbocycles. The minimum Gasteiger partial charge on any atom is -0.465 e. The van der Waals surface area contributed by atoms with Gasteiger partial charge >= 0.3 is 6.09 Å². The van der Waals surface area contributed by atoms with Gasteiger partial charge in [-0.05, 0) is 48.9 Å². The van der Waals surface area contributed by atoms with Crippen LogP contribution in [-0.4, -0.2) is 17.1 Å². The molecule has 0 saturated heterocycles. The molecule has 2 aromatic rings. The van der Waals surface area contributed by atoms with Gasteiger partial charge in [-0.3, -0.25) is 10.1 Å². The van der Waals surface area contributed by atoms with Crippen LogP contribution in [0.1, 0.15) is 15.9 Å². The van der Waals surface area contributed by atoms with Gasteiger partial charge in [0.05, 0.1) is 5.69 Å². The van der Waals surface area contributed by atoms with E-state index in [4.69, 9.17) is 5.11 Å². The van der Waals surface area contributed by atoms with Gasteiger partial charge in [-0.1, -0.05) is 0 Å². The Hall–Kier alpha value is -2.96. The smallest absolute Gasteiger partial charge is 0.409 e. The molecule has 0 bridgehead atoms. The molecule has 0 aliphatic rings. The third-order valence-electron chi connectivity index (χ3n) is 2.89. The van der Waals surface area contributed by atoms with Gasteiger partial charge in [0.2, 0.25) is 0 Å².